The fourth-order valence-electron chi connectivity index (χ4n) is 3.59. The Bertz CT molecular complexity index is 1140. The van der Waals surface area contributed by atoms with Crippen LogP contribution in [0.25, 0.3) is 33.3 Å². The summed E-state index contributed by atoms with van der Waals surface area (Å²) in [4.78, 5) is 8.65. The summed E-state index contributed by atoms with van der Waals surface area (Å²) < 4.78 is 13.8. The van der Waals surface area contributed by atoms with E-state index in [1.165, 1.54) is 6.33 Å². The SMILES string of the molecule is COc1cc(C)cc2cc(-c3cn(C4CNC4)c4ncnc(N)c34)oc12. The van der Waals surface area contributed by atoms with Crippen LogP contribution in [-0.2, 0) is 0 Å². The van der Waals surface area contributed by atoms with E-state index in [4.69, 9.17) is 14.9 Å². The van der Waals surface area contributed by atoms with Crippen LogP contribution in [0.1, 0.15) is 11.6 Å². The molecule has 0 bridgehead atoms. The Morgan fingerprint density at radius 3 is 2.85 bits per heavy atom. The first-order chi connectivity index (χ1) is 12.7. The Labute approximate surface area is 149 Å². The number of ether oxygens (including phenoxy) is 1. The molecule has 5 rings (SSSR count). The molecule has 1 aliphatic rings. The second-order valence-corrected chi connectivity index (χ2v) is 6.72. The summed E-state index contributed by atoms with van der Waals surface area (Å²) in [6, 6.07) is 6.44. The normalized spacial score (nSPS) is 14.8. The number of nitrogens with zero attached hydrogens (tertiary/aromatic N) is 3. The first-order valence-corrected chi connectivity index (χ1v) is 8.56. The van der Waals surface area contributed by atoms with Crippen molar-refractivity contribution < 1.29 is 9.15 Å². The van der Waals surface area contributed by atoms with Crippen LogP contribution < -0.4 is 15.8 Å². The van der Waals surface area contributed by atoms with E-state index < -0.39 is 0 Å². The van der Waals surface area contributed by atoms with Gasteiger partial charge in [-0.25, -0.2) is 9.97 Å². The van der Waals surface area contributed by atoms with E-state index >= 15 is 0 Å². The highest BCUT2D eigenvalue weighted by Gasteiger charge is 2.25. The van der Waals surface area contributed by atoms with Crippen LogP contribution in [0, 0.1) is 6.92 Å². The van der Waals surface area contributed by atoms with Crippen LogP contribution in [0.15, 0.2) is 35.1 Å². The van der Waals surface area contributed by atoms with Crippen molar-refractivity contribution in [3.8, 4) is 17.1 Å². The predicted molar refractivity (Wildman–Crippen MR) is 100 cm³/mol. The molecule has 0 amide bonds. The highest BCUT2D eigenvalue weighted by Crippen LogP contribution is 2.39. The van der Waals surface area contributed by atoms with E-state index in [1.807, 2.05) is 19.1 Å². The number of nitrogens with one attached hydrogen (secondary N) is 1. The number of nitrogen functional groups attached to an aromatic ring is 1. The molecule has 3 aromatic heterocycles. The zero-order valence-electron chi connectivity index (χ0n) is 14.6. The topological polar surface area (TPSA) is 91.1 Å². The molecule has 0 aliphatic carbocycles. The minimum absolute atomic E-state index is 0.363. The molecule has 0 atom stereocenters. The minimum atomic E-state index is 0.363. The van der Waals surface area contributed by atoms with Crippen molar-refractivity contribution in [3.05, 3.63) is 36.3 Å². The number of aryl methyl sites for hydroxylation is 1. The first-order valence-electron chi connectivity index (χ1n) is 8.56. The Hall–Kier alpha value is -3.06. The van der Waals surface area contributed by atoms with Gasteiger partial charge in [-0.15, -0.1) is 0 Å². The van der Waals surface area contributed by atoms with Crippen molar-refractivity contribution in [1.82, 2.24) is 19.9 Å². The summed E-state index contributed by atoms with van der Waals surface area (Å²) >= 11 is 0. The number of fused-ring (bicyclic) bond motifs is 2. The van der Waals surface area contributed by atoms with E-state index in [2.05, 4.69) is 32.1 Å². The first kappa shape index (κ1) is 15.2. The quantitative estimate of drug-likeness (QED) is 0.591. The van der Waals surface area contributed by atoms with Crippen molar-refractivity contribution in [2.75, 3.05) is 25.9 Å². The lowest BCUT2D eigenvalue weighted by atomic mass is 10.1. The van der Waals surface area contributed by atoms with Crippen molar-refractivity contribution >= 4 is 27.8 Å². The Morgan fingerprint density at radius 2 is 2.12 bits per heavy atom. The lowest BCUT2D eigenvalue weighted by molar-refractivity contribution is 0.350. The van der Waals surface area contributed by atoms with E-state index in [0.29, 0.717) is 11.9 Å². The zero-order chi connectivity index (χ0) is 17.8. The van der Waals surface area contributed by atoms with Crippen LogP contribution in [0.2, 0.25) is 0 Å². The number of furan rings is 1. The number of benzene rings is 1. The standard InChI is InChI=1S/C19H19N5O2/c1-10-3-11-5-14(26-17(11)15(4-10)25-2)13-8-24(12-6-21-7-12)19-16(13)18(20)22-9-23-19/h3-5,8-9,12,21H,6-7H2,1-2H3,(H2,20,22,23). The summed E-state index contributed by atoms with van der Waals surface area (Å²) in [6.45, 7) is 3.87. The fourth-order valence-corrected chi connectivity index (χ4v) is 3.59. The molecule has 1 aromatic carbocycles. The maximum Gasteiger partial charge on any atom is 0.176 e. The Balaban J connectivity index is 1.78. The number of rotatable bonds is 3. The maximum absolute atomic E-state index is 6.20. The molecule has 7 nitrogen and oxygen atoms in total. The van der Waals surface area contributed by atoms with Gasteiger partial charge in [0.2, 0.25) is 0 Å². The third-order valence-corrected chi connectivity index (χ3v) is 5.00. The van der Waals surface area contributed by atoms with Gasteiger partial charge in [0.05, 0.1) is 18.5 Å². The van der Waals surface area contributed by atoms with Crippen molar-refractivity contribution in [3.63, 3.8) is 0 Å². The lowest BCUT2D eigenvalue weighted by Crippen LogP contribution is -2.43. The largest absolute Gasteiger partial charge is 0.493 e. The minimum Gasteiger partial charge on any atom is -0.493 e. The molecule has 4 heterocycles. The van der Waals surface area contributed by atoms with Crippen LogP contribution in [0.5, 0.6) is 5.75 Å². The van der Waals surface area contributed by atoms with Crippen LogP contribution in [0.4, 0.5) is 5.82 Å². The second-order valence-electron chi connectivity index (χ2n) is 6.72. The summed E-state index contributed by atoms with van der Waals surface area (Å²) in [5.41, 5.74) is 9.78. The molecule has 1 aliphatic heterocycles. The number of hydrogen-bond donors (Lipinski definition) is 2. The third kappa shape index (κ3) is 2.10. The van der Waals surface area contributed by atoms with Gasteiger partial charge in [-0.2, -0.15) is 0 Å². The van der Waals surface area contributed by atoms with E-state index in [0.717, 1.165) is 57.7 Å². The fraction of sp³-hybridized carbons (Fsp3) is 0.263. The maximum atomic E-state index is 6.20. The summed E-state index contributed by atoms with van der Waals surface area (Å²) in [7, 11) is 1.65. The molecule has 1 fully saturated rings. The number of aromatic nitrogens is 3. The summed E-state index contributed by atoms with van der Waals surface area (Å²) in [5.74, 6) is 1.92. The van der Waals surface area contributed by atoms with Gasteiger partial charge in [-0.1, -0.05) is 0 Å². The molecular weight excluding hydrogens is 330 g/mol. The molecule has 132 valence electrons. The van der Waals surface area contributed by atoms with Gasteiger partial charge < -0.3 is 24.8 Å². The number of nitrogens with two attached hydrogens (primary N) is 1. The number of hydrogen-bond acceptors (Lipinski definition) is 6. The van der Waals surface area contributed by atoms with Gasteiger partial charge in [-0.3, -0.25) is 0 Å². The summed E-state index contributed by atoms with van der Waals surface area (Å²) in [5, 5.41) is 5.12. The van der Waals surface area contributed by atoms with Crippen molar-refractivity contribution in [2.24, 2.45) is 0 Å². The highest BCUT2D eigenvalue weighted by molar-refractivity contribution is 6.01. The van der Waals surface area contributed by atoms with E-state index in [9.17, 15) is 0 Å². The number of methoxy groups -OCH3 is 1. The monoisotopic (exact) mass is 349 g/mol. The lowest BCUT2D eigenvalue weighted by Gasteiger charge is -2.28. The molecule has 7 heteroatoms. The van der Waals surface area contributed by atoms with Gasteiger partial charge >= 0.3 is 0 Å². The molecule has 0 spiro atoms. The molecule has 0 saturated carbocycles. The van der Waals surface area contributed by atoms with Crippen LogP contribution in [0.3, 0.4) is 0 Å². The molecule has 3 N–H and O–H groups in total. The van der Waals surface area contributed by atoms with Gasteiger partial charge in [0.25, 0.3) is 0 Å². The number of anilines is 1. The van der Waals surface area contributed by atoms with Gasteiger partial charge in [0, 0.05) is 30.2 Å². The van der Waals surface area contributed by atoms with E-state index in [1.54, 1.807) is 7.11 Å². The van der Waals surface area contributed by atoms with Gasteiger partial charge in [0.1, 0.15) is 23.6 Å². The van der Waals surface area contributed by atoms with Crippen molar-refractivity contribution in [2.45, 2.75) is 13.0 Å². The third-order valence-electron chi connectivity index (χ3n) is 5.00. The zero-order valence-corrected chi connectivity index (χ0v) is 14.6. The Kier molecular flexibility index (Phi) is 3.20. The molecule has 26 heavy (non-hydrogen) atoms. The van der Waals surface area contributed by atoms with Crippen molar-refractivity contribution in [1.29, 1.82) is 0 Å². The molecule has 0 unspecified atom stereocenters. The van der Waals surface area contributed by atoms with E-state index in [-0.39, 0.29) is 0 Å². The molecule has 4 aromatic rings. The van der Waals surface area contributed by atoms with Crippen LogP contribution >= 0.6 is 0 Å². The second kappa shape index (κ2) is 5.47. The molecular formula is C19H19N5O2. The smallest absolute Gasteiger partial charge is 0.176 e. The van der Waals surface area contributed by atoms with Gasteiger partial charge in [0.15, 0.2) is 11.3 Å². The average Bonchev–Trinajstić information content (AvgIpc) is 3.15. The Morgan fingerprint density at radius 1 is 1.27 bits per heavy atom. The highest BCUT2D eigenvalue weighted by atomic mass is 16.5. The molecule has 0 radical (unpaired) electrons. The van der Waals surface area contributed by atoms with Gasteiger partial charge in [-0.05, 0) is 30.7 Å². The van der Waals surface area contributed by atoms with Crippen LogP contribution in [-0.4, -0.2) is 34.7 Å². The average molecular weight is 349 g/mol. The predicted octanol–water partition coefficient (Wildman–Crippen LogP) is 2.89. The molecule has 1 saturated heterocycles. The summed E-state index contributed by atoms with van der Waals surface area (Å²) in [6.07, 6.45) is 3.58.